The maximum Gasteiger partial charge on any atom is 0.253 e. The molecule has 0 saturated carbocycles. The van der Waals surface area contributed by atoms with Crippen LogP contribution in [0.2, 0.25) is 0 Å². The average Bonchev–Trinajstić information content (AvgIpc) is 3.15. The second kappa shape index (κ2) is 7.78. The molecule has 11 heteroatoms. The van der Waals surface area contributed by atoms with Gasteiger partial charge >= 0.3 is 0 Å². The highest BCUT2D eigenvalue weighted by Crippen LogP contribution is 2.25. The van der Waals surface area contributed by atoms with Gasteiger partial charge in [-0.15, -0.1) is 10.2 Å². The summed E-state index contributed by atoms with van der Waals surface area (Å²) in [7, 11) is -3.94. The highest BCUT2D eigenvalue weighted by atomic mass is 32.2. The lowest BCUT2D eigenvalue weighted by atomic mass is 10.1. The molecular formula is C18H20N6O4S. The molecule has 4 rings (SSSR count). The largest absolute Gasteiger partial charge is 0.378 e. The number of nitrogens with zero attached hydrogens (tertiary/aromatic N) is 4. The van der Waals surface area contributed by atoms with Crippen molar-refractivity contribution in [1.29, 1.82) is 0 Å². The zero-order chi connectivity index (χ0) is 20.4. The van der Waals surface area contributed by atoms with Crippen molar-refractivity contribution in [3.05, 3.63) is 54.0 Å². The molecule has 1 aliphatic heterocycles. The number of pyridine rings is 1. The molecule has 1 fully saturated rings. The molecule has 0 atom stereocenters. The van der Waals surface area contributed by atoms with Crippen LogP contribution in [0.1, 0.15) is 16.2 Å². The Morgan fingerprint density at radius 3 is 2.72 bits per heavy atom. The van der Waals surface area contributed by atoms with E-state index in [2.05, 4.69) is 15.5 Å². The van der Waals surface area contributed by atoms with Gasteiger partial charge in [0.05, 0.1) is 30.2 Å². The van der Waals surface area contributed by atoms with Crippen molar-refractivity contribution in [1.82, 2.24) is 19.9 Å². The molecule has 1 amide bonds. The van der Waals surface area contributed by atoms with Crippen molar-refractivity contribution < 1.29 is 17.9 Å². The molecular weight excluding hydrogens is 396 g/mol. The number of sulfonamides is 1. The minimum atomic E-state index is -3.94. The number of morpholine rings is 1. The number of amides is 1. The fraction of sp³-hybridized carbons (Fsp3) is 0.278. The Hall–Kier alpha value is -3.02. The molecule has 1 saturated heterocycles. The minimum absolute atomic E-state index is 0.118. The van der Waals surface area contributed by atoms with E-state index in [9.17, 15) is 13.2 Å². The second-order valence-electron chi connectivity index (χ2n) is 6.55. The smallest absolute Gasteiger partial charge is 0.253 e. The third kappa shape index (κ3) is 4.06. The maximum absolute atomic E-state index is 13.0. The molecule has 3 N–H and O–H groups in total. The van der Waals surface area contributed by atoms with Crippen LogP contribution < -0.4 is 15.4 Å². The molecule has 0 radical (unpaired) electrons. The molecule has 152 valence electrons. The highest BCUT2D eigenvalue weighted by molar-refractivity contribution is 7.89. The normalized spacial score (nSPS) is 14.9. The number of anilines is 1. The third-order valence-electron chi connectivity index (χ3n) is 4.68. The molecule has 0 bridgehead atoms. The number of carbonyl (C=O) groups excluding carboxylic acids is 1. The van der Waals surface area contributed by atoms with Crippen molar-refractivity contribution in [2.75, 3.05) is 31.2 Å². The Kier molecular flexibility index (Phi) is 5.18. The number of aromatic nitrogens is 3. The summed E-state index contributed by atoms with van der Waals surface area (Å²) in [5.41, 5.74) is 1.53. The van der Waals surface area contributed by atoms with E-state index in [-0.39, 0.29) is 17.0 Å². The van der Waals surface area contributed by atoms with Crippen LogP contribution in [-0.2, 0) is 21.3 Å². The first-order valence-corrected chi connectivity index (χ1v) is 10.5. The summed E-state index contributed by atoms with van der Waals surface area (Å²) in [5.74, 6) is 0.133. The Labute approximate surface area is 167 Å². The topological polar surface area (TPSA) is 132 Å². The number of hydrogen-bond donors (Lipinski definition) is 2. The van der Waals surface area contributed by atoms with Gasteiger partial charge in [0.1, 0.15) is 0 Å². The summed E-state index contributed by atoms with van der Waals surface area (Å²) in [5, 5.41) is 16.2. The van der Waals surface area contributed by atoms with Crippen LogP contribution >= 0.6 is 0 Å². The lowest BCUT2D eigenvalue weighted by molar-refractivity contribution is 0.0948. The monoisotopic (exact) mass is 416 g/mol. The number of fused-ring (bicyclic) bond motifs is 1. The van der Waals surface area contributed by atoms with Crippen LogP contribution in [0.25, 0.3) is 5.65 Å². The van der Waals surface area contributed by atoms with E-state index in [1.807, 2.05) is 23.1 Å². The molecule has 1 aromatic carbocycles. The van der Waals surface area contributed by atoms with E-state index in [4.69, 9.17) is 9.88 Å². The van der Waals surface area contributed by atoms with Gasteiger partial charge in [-0.1, -0.05) is 6.07 Å². The van der Waals surface area contributed by atoms with E-state index < -0.39 is 15.9 Å². The van der Waals surface area contributed by atoms with Crippen LogP contribution in [0.5, 0.6) is 0 Å². The SMILES string of the molecule is NS(=O)(=O)c1ccc(N2CCOCC2)c(C(=O)NCc2nnc3ccccn23)c1. The molecule has 2 aromatic heterocycles. The van der Waals surface area contributed by atoms with Gasteiger partial charge in [0.15, 0.2) is 11.5 Å². The summed E-state index contributed by atoms with van der Waals surface area (Å²) < 4.78 is 30.7. The first-order valence-electron chi connectivity index (χ1n) is 9.00. The van der Waals surface area contributed by atoms with Crippen molar-refractivity contribution in [3.8, 4) is 0 Å². The van der Waals surface area contributed by atoms with E-state index in [0.717, 1.165) is 0 Å². The first-order chi connectivity index (χ1) is 13.9. The van der Waals surface area contributed by atoms with Crippen LogP contribution in [0.3, 0.4) is 0 Å². The summed E-state index contributed by atoms with van der Waals surface area (Å²) in [6.07, 6.45) is 1.80. The standard InChI is InChI=1S/C18H20N6O4S/c19-29(26,27)13-4-5-15(23-7-9-28-10-8-23)14(11-13)18(25)20-12-17-22-21-16-3-1-2-6-24(16)17/h1-6,11H,7-10,12H2,(H,20,25)(H2,19,26,27). The van der Waals surface area contributed by atoms with Crippen molar-refractivity contribution >= 4 is 27.3 Å². The fourth-order valence-electron chi connectivity index (χ4n) is 3.22. The lowest BCUT2D eigenvalue weighted by Gasteiger charge is -2.30. The van der Waals surface area contributed by atoms with Gasteiger partial charge < -0.3 is 15.0 Å². The average molecular weight is 416 g/mol. The van der Waals surface area contributed by atoms with E-state index in [1.165, 1.54) is 12.1 Å². The zero-order valence-electron chi connectivity index (χ0n) is 15.5. The van der Waals surface area contributed by atoms with Gasteiger partial charge in [0, 0.05) is 25.0 Å². The van der Waals surface area contributed by atoms with Crippen LogP contribution in [0.4, 0.5) is 5.69 Å². The lowest BCUT2D eigenvalue weighted by Crippen LogP contribution is -2.38. The number of carbonyl (C=O) groups is 1. The van der Waals surface area contributed by atoms with E-state index >= 15 is 0 Å². The molecule has 0 aliphatic carbocycles. The van der Waals surface area contributed by atoms with Gasteiger partial charge in [-0.2, -0.15) is 0 Å². The van der Waals surface area contributed by atoms with Crippen LogP contribution in [-0.4, -0.2) is 55.2 Å². The quantitative estimate of drug-likeness (QED) is 0.605. The van der Waals surface area contributed by atoms with Crippen molar-refractivity contribution in [3.63, 3.8) is 0 Å². The number of rotatable bonds is 5. The van der Waals surface area contributed by atoms with Gasteiger partial charge in [0.25, 0.3) is 5.91 Å². The van der Waals surface area contributed by atoms with Gasteiger partial charge in [0.2, 0.25) is 10.0 Å². The number of benzene rings is 1. The van der Waals surface area contributed by atoms with E-state index in [0.29, 0.717) is 43.5 Å². The number of ether oxygens (including phenoxy) is 1. The van der Waals surface area contributed by atoms with Gasteiger partial charge in [-0.05, 0) is 30.3 Å². The number of primary sulfonamides is 1. The first kappa shape index (κ1) is 19.3. The summed E-state index contributed by atoms with van der Waals surface area (Å²) >= 11 is 0. The van der Waals surface area contributed by atoms with Gasteiger partial charge in [-0.3, -0.25) is 9.20 Å². The number of nitrogens with two attached hydrogens (primary N) is 1. The molecule has 0 spiro atoms. The van der Waals surface area contributed by atoms with E-state index in [1.54, 1.807) is 16.7 Å². The Balaban J connectivity index is 1.62. The predicted molar refractivity (Wildman–Crippen MR) is 105 cm³/mol. The third-order valence-corrected chi connectivity index (χ3v) is 5.60. The number of nitrogens with one attached hydrogen (secondary N) is 1. The fourth-order valence-corrected chi connectivity index (χ4v) is 3.76. The Bertz CT molecular complexity index is 1150. The van der Waals surface area contributed by atoms with Gasteiger partial charge in [-0.25, -0.2) is 13.6 Å². The minimum Gasteiger partial charge on any atom is -0.378 e. The Morgan fingerprint density at radius 1 is 1.17 bits per heavy atom. The summed E-state index contributed by atoms with van der Waals surface area (Å²) in [6, 6.07) is 9.81. The predicted octanol–water partition coefficient (Wildman–Crippen LogP) is 0.143. The molecule has 29 heavy (non-hydrogen) atoms. The Morgan fingerprint density at radius 2 is 1.97 bits per heavy atom. The highest BCUT2D eigenvalue weighted by Gasteiger charge is 2.22. The zero-order valence-corrected chi connectivity index (χ0v) is 16.3. The van der Waals surface area contributed by atoms with Crippen LogP contribution in [0.15, 0.2) is 47.5 Å². The maximum atomic E-state index is 13.0. The molecule has 10 nitrogen and oxygen atoms in total. The molecule has 0 unspecified atom stereocenters. The van der Waals surface area contributed by atoms with Crippen molar-refractivity contribution in [2.45, 2.75) is 11.4 Å². The second-order valence-corrected chi connectivity index (χ2v) is 8.11. The van der Waals surface area contributed by atoms with Crippen LogP contribution in [0, 0.1) is 0 Å². The molecule has 3 heterocycles. The number of hydrogen-bond acceptors (Lipinski definition) is 7. The summed E-state index contributed by atoms with van der Waals surface area (Å²) in [6.45, 7) is 2.40. The van der Waals surface area contributed by atoms with Crippen molar-refractivity contribution in [2.24, 2.45) is 5.14 Å². The summed E-state index contributed by atoms with van der Waals surface area (Å²) in [4.78, 5) is 14.8. The molecule has 3 aromatic rings. The molecule has 1 aliphatic rings.